The molecule has 2 aromatic heterocycles. The van der Waals surface area contributed by atoms with Crippen molar-refractivity contribution in [3.63, 3.8) is 0 Å². The zero-order valence-electron chi connectivity index (χ0n) is 16.1. The predicted octanol–water partition coefficient (Wildman–Crippen LogP) is 3.80. The molecule has 2 N–H and O–H groups in total. The van der Waals surface area contributed by atoms with Crippen molar-refractivity contribution in [1.29, 1.82) is 0 Å². The zero-order chi connectivity index (χ0) is 21.5. The maximum atomic E-state index is 12.9. The maximum Gasteiger partial charge on any atom is 0.291 e. The van der Waals surface area contributed by atoms with Gasteiger partial charge in [-0.15, -0.1) is 0 Å². The predicted molar refractivity (Wildman–Crippen MR) is 117 cm³/mol. The fourth-order valence-corrected chi connectivity index (χ4v) is 4.84. The number of anilines is 2. The van der Waals surface area contributed by atoms with Crippen molar-refractivity contribution in [2.45, 2.75) is 12.7 Å². The summed E-state index contributed by atoms with van der Waals surface area (Å²) in [4.78, 5) is 28.4. The molecule has 2 amide bonds. The number of aromatic nitrogens is 1. The molecule has 8 nitrogen and oxygen atoms in total. The van der Waals surface area contributed by atoms with E-state index in [2.05, 4.69) is 15.6 Å². The first-order chi connectivity index (χ1) is 14.2. The van der Waals surface area contributed by atoms with E-state index in [1.807, 2.05) is 0 Å². The molecule has 10 heteroatoms. The van der Waals surface area contributed by atoms with Crippen molar-refractivity contribution in [3.05, 3.63) is 53.8 Å². The second-order valence-corrected chi connectivity index (χ2v) is 9.98. The molecule has 0 atom stereocenters. The third-order valence-electron chi connectivity index (χ3n) is 4.24. The van der Waals surface area contributed by atoms with Crippen LogP contribution in [0.3, 0.4) is 0 Å². The lowest BCUT2D eigenvalue weighted by Crippen LogP contribution is -2.14. The Bertz CT molecular complexity index is 1400. The number of nitrogens with zero attached hydrogens (tertiary/aromatic N) is 1. The van der Waals surface area contributed by atoms with Crippen LogP contribution in [0.15, 0.2) is 46.9 Å². The normalized spacial score (nSPS) is 11.7. The molecule has 30 heavy (non-hydrogen) atoms. The van der Waals surface area contributed by atoms with Gasteiger partial charge >= 0.3 is 0 Å². The number of amides is 2. The van der Waals surface area contributed by atoms with E-state index < -0.39 is 15.7 Å². The molecule has 4 rings (SSSR count). The number of carbonyl (C=O) groups is 2. The second kappa shape index (κ2) is 7.54. The van der Waals surface area contributed by atoms with Gasteiger partial charge in [-0.25, -0.2) is 13.4 Å². The number of furan rings is 1. The lowest BCUT2D eigenvalue weighted by Gasteiger charge is -2.05. The quantitative estimate of drug-likeness (QED) is 0.484. The summed E-state index contributed by atoms with van der Waals surface area (Å²) in [7, 11) is -3.38. The number of hydrogen-bond donors (Lipinski definition) is 2. The molecular weight excluding hydrogens is 426 g/mol. The fourth-order valence-electron chi connectivity index (χ4n) is 3.08. The highest BCUT2D eigenvalue weighted by molar-refractivity contribution is 7.89. The summed E-state index contributed by atoms with van der Waals surface area (Å²) in [5.41, 5.74) is 1.95. The first-order valence-electron chi connectivity index (χ1n) is 8.87. The van der Waals surface area contributed by atoms with Gasteiger partial charge in [-0.05, 0) is 24.3 Å². The van der Waals surface area contributed by atoms with Crippen molar-refractivity contribution in [1.82, 2.24) is 4.98 Å². The maximum absolute atomic E-state index is 12.9. The molecule has 0 aliphatic heterocycles. The van der Waals surface area contributed by atoms with Crippen LogP contribution < -0.4 is 10.6 Å². The van der Waals surface area contributed by atoms with Crippen LogP contribution >= 0.6 is 11.3 Å². The van der Waals surface area contributed by atoms with Gasteiger partial charge in [0.15, 0.2) is 20.7 Å². The van der Waals surface area contributed by atoms with Crippen LogP contribution in [0.1, 0.15) is 23.0 Å². The van der Waals surface area contributed by atoms with E-state index in [0.29, 0.717) is 32.9 Å². The summed E-state index contributed by atoms with van der Waals surface area (Å²) < 4.78 is 30.2. The minimum atomic E-state index is -3.38. The Labute approximate surface area is 175 Å². The van der Waals surface area contributed by atoms with Gasteiger partial charge in [-0.2, -0.15) is 0 Å². The van der Waals surface area contributed by atoms with Crippen molar-refractivity contribution in [2.75, 3.05) is 16.9 Å². The van der Waals surface area contributed by atoms with Gasteiger partial charge in [0.25, 0.3) is 5.91 Å². The van der Waals surface area contributed by atoms with E-state index in [1.165, 1.54) is 18.3 Å². The van der Waals surface area contributed by atoms with E-state index in [0.717, 1.165) is 11.0 Å². The minimum Gasteiger partial charge on any atom is -0.451 e. The van der Waals surface area contributed by atoms with Crippen LogP contribution in [0.25, 0.3) is 21.2 Å². The average Bonchev–Trinajstić information content (AvgIpc) is 3.20. The number of rotatable bonds is 5. The molecule has 0 bridgehead atoms. The van der Waals surface area contributed by atoms with Crippen LogP contribution in [0.4, 0.5) is 10.8 Å². The van der Waals surface area contributed by atoms with E-state index in [4.69, 9.17) is 4.42 Å². The van der Waals surface area contributed by atoms with Crippen molar-refractivity contribution in [3.8, 4) is 0 Å². The van der Waals surface area contributed by atoms with Gasteiger partial charge in [-0.1, -0.05) is 29.5 Å². The number of hydrogen-bond acceptors (Lipinski definition) is 7. The van der Waals surface area contributed by atoms with E-state index in [9.17, 15) is 18.0 Å². The van der Waals surface area contributed by atoms with Crippen LogP contribution in [0, 0.1) is 0 Å². The van der Waals surface area contributed by atoms with Gasteiger partial charge < -0.3 is 15.1 Å². The number of thiazole rings is 1. The van der Waals surface area contributed by atoms with E-state index >= 15 is 0 Å². The Hall–Kier alpha value is -3.24. The van der Waals surface area contributed by atoms with Crippen LogP contribution in [0.5, 0.6) is 0 Å². The van der Waals surface area contributed by atoms with Gasteiger partial charge in [0.05, 0.1) is 16.0 Å². The van der Waals surface area contributed by atoms with Crippen molar-refractivity contribution >= 4 is 65.0 Å². The highest BCUT2D eigenvalue weighted by atomic mass is 32.2. The highest BCUT2D eigenvalue weighted by Crippen LogP contribution is 2.30. The molecule has 0 radical (unpaired) electrons. The molecule has 2 heterocycles. The summed E-state index contributed by atoms with van der Waals surface area (Å²) in [6.07, 6.45) is 1.11. The third kappa shape index (κ3) is 4.19. The number of sulfone groups is 1. The topological polar surface area (TPSA) is 118 Å². The summed E-state index contributed by atoms with van der Waals surface area (Å²) >= 11 is 1.28. The van der Waals surface area contributed by atoms with Gasteiger partial charge in [0, 0.05) is 29.8 Å². The Balaban J connectivity index is 1.67. The second-order valence-electron chi connectivity index (χ2n) is 6.81. The Kier molecular flexibility index (Phi) is 5.04. The molecule has 0 aliphatic rings. The largest absolute Gasteiger partial charge is 0.451 e. The molecule has 0 aliphatic carbocycles. The third-order valence-corrected chi connectivity index (χ3v) is 5.99. The minimum absolute atomic E-state index is 0.0371. The zero-order valence-corrected chi connectivity index (χ0v) is 17.7. The first-order valence-corrected chi connectivity index (χ1v) is 11.7. The Morgan fingerprint density at radius 1 is 1.13 bits per heavy atom. The Morgan fingerprint density at radius 2 is 1.90 bits per heavy atom. The van der Waals surface area contributed by atoms with E-state index in [-0.39, 0.29) is 17.4 Å². The molecule has 0 saturated carbocycles. The fraction of sp³-hybridized carbons (Fsp3) is 0.150. The number of carbonyl (C=O) groups excluding carboxylic acids is 2. The van der Waals surface area contributed by atoms with Gasteiger partial charge in [0.1, 0.15) is 5.58 Å². The first kappa shape index (κ1) is 20.0. The van der Waals surface area contributed by atoms with Crippen molar-refractivity contribution in [2.24, 2.45) is 0 Å². The molecule has 4 aromatic rings. The standard InChI is InChI=1S/C20H17N3O5S2/c1-11(24)21-20-23-15-8-7-12(9-17(15)29-20)22-19(25)18-14(10-30(2,26)27)13-5-3-4-6-16(13)28-18/h3-9H,10H2,1-2H3,(H,22,25)(H,21,23,24). The molecular formula is C20H17N3O5S2. The van der Waals surface area contributed by atoms with Crippen LogP contribution in [-0.2, 0) is 20.4 Å². The summed E-state index contributed by atoms with van der Waals surface area (Å²) in [6.45, 7) is 1.40. The lowest BCUT2D eigenvalue weighted by molar-refractivity contribution is -0.114. The van der Waals surface area contributed by atoms with Gasteiger partial charge in [-0.3, -0.25) is 9.59 Å². The average molecular weight is 444 g/mol. The molecule has 0 fully saturated rings. The smallest absolute Gasteiger partial charge is 0.291 e. The molecule has 0 spiro atoms. The molecule has 154 valence electrons. The highest BCUT2D eigenvalue weighted by Gasteiger charge is 2.23. The number of benzene rings is 2. The van der Waals surface area contributed by atoms with Crippen LogP contribution in [-0.4, -0.2) is 31.5 Å². The molecule has 0 saturated heterocycles. The van der Waals surface area contributed by atoms with E-state index in [1.54, 1.807) is 42.5 Å². The van der Waals surface area contributed by atoms with Crippen LogP contribution in [0.2, 0.25) is 0 Å². The number of nitrogens with one attached hydrogen (secondary N) is 2. The Morgan fingerprint density at radius 3 is 2.63 bits per heavy atom. The van der Waals surface area contributed by atoms with Crippen molar-refractivity contribution < 1.29 is 22.4 Å². The number of fused-ring (bicyclic) bond motifs is 2. The molecule has 2 aromatic carbocycles. The van der Waals surface area contributed by atoms with Gasteiger partial charge in [0.2, 0.25) is 5.91 Å². The summed E-state index contributed by atoms with van der Waals surface area (Å²) in [5, 5.41) is 6.44. The monoisotopic (exact) mass is 443 g/mol. The SMILES string of the molecule is CC(=O)Nc1nc2ccc(NC(=O)c3oc4ccccc4c3CS(C)(=O)=O)cc2s1. The summed E-state index contributed by atoms with van der Waals surface area (Å²) in [6, 6.07) is 12.1. The number of para-hydroxylation sites is 1. The lowest BCUT2D eigenvalue weighted by atomic mass is 10.1. The summed E-state index contributed by atoms with van der Waals surface area (Å²) in [5.74, 6) is -1.10. The molecule has 0 unspecified atom stereocenters.